The van der Waals surface area contributed by atoms with Crippen LogP contribution in [-0.4, -0.2) is 63.3 Å². The molecule has 0 aromatic heterocycles. The largest absolute Gasteiger partial charge is 0.493 e. The highest BCUT2D eigenvalue weighted by Gasteiger charge is 2.17. The van der Waals surface area contributed by atoms with Crippen molar-refractivity contribution in [2.24, 2.45) is 4.99 Å². The van der Waals surface area contributed by atoms with Gasteiger partial charge >= 0.3 is 0 Å². The van der Waals surface area contributed by atoms with Crippen LogP contribution in [0.5, 0.6) is 5.75 Å². The van der Waals surface area contributed by atoms with Crippen LogP contribution in [0.4, 0.5) is 5.69 Å². The summed E-state index contributed by atoms with van der Waals surface area (Å²) in [5.41, 5.74) is 0.893. The lowest BCUT2D eigenvalue weighted by Crippen LogP contribution is -2.32. The van der Waals surface area contributed by atoms with E-state index in [1.165, 1.54) is 0 Å². The molecule has 0 aliphatic carbocycles. The first-order chi connectivity index (χ1) is 13.2. The Morgan fingerprint density at radius 2 is 2.04 bits per heavy atom. The number of carbonyl (C=O) groups is 1. The number of hydrogen-bond donors (Lipinski definition) is 2. The molecule has 2 rings (SSSR count). The van der Waals surface area contributed by atoms with E-state index in [9.17, 15) is 4.79 Å². The van der Waals surface area contributed by atoms with Crippen LogP contribution in [0.2, 0.25) is 0 Å². The van der Waals surface area contributed by atoms with Crippen LogP contribution in [-0.2, 0) is 9.53 Å². The van der Waals surface area contributed by atoms with Gasteiger partial charge in [0.15, 0.2) is 5.96 Å². The third-order valence-electron chi connectivity index (χ3n) is 4.26. The molecule has 8 heteroatoms. The highest BCUT2D eigenvalue weighted by Crippen LogP contribution is 2.17. The number of carbonyl (C=O) groups excluding carboxylic acids is 1. The van der Waals surface area contributed by atoms with Crippen molar-refractivity contribution in [2.45, 2.75) is 32.6 Å². The summed E-state index contributed by atoms with van der Waals surface area (Å²) in [5.74, 6) is 1.66. The maximum absolute atomic E-state index is 12.1. The molecule has 2 N–H and O–H groups in total. The van der Waals surface area contributed by atoms with Gasteiger partial charge in [0.05, 0.1) is 13.2 Å². The number of likely N-dealkylation sites (tertiary alicyclic amines) is 1. The van der Waals surface area contributed by atoms with Gasteiger partial charge in [0.1, 0.15) is 5.75 Å². The van der Waals surface area contributed by atoms with Gasteiger partial charge in [-0.15, -0.1) is 24.0 Å². The number of aliphatic imine (C=N–C) groups is 1. The fourth-order valence-electron chi connectivity index (χ4n) is 2.89. The molecule has 1 amide bonds. The lowest BCUT2D eigenvalue weighted by Gasteiger charge is -2.15. The predicted molar refractivity (Wildman–Crippen MR) is 124 cm³/mol. The first-order valence-electron chi connectivity index (χ1n) is 9.78. The summed E-state index contributed by atoms with van der Waals surface area (Å²) in [7, 11) is 1.69. The van der Waals surface area contributed by atoms with Gasteiger partial charge in [-0.1, -0.05) is 6.07 Å². The first kappa shape index (κ1) is 24.5. The minimum atomic E-state index is 0. The maximum Gasteiger partial charge on any atom is 0.224 e. The van der Waals surface area contributed by atoms with Gasteiger partial charge < -0.3 is 25.0 Å². The van der Waals surface area contributed by atoms with Crippen molar-refractivity contribution in [1.29, 1.82) is 0 Å². The zero-order valence-corrected chi connectivity index (χ0v) is 19.2. The van der Waals surface area contributed by atoms with Crippen LogP contribution < -0.4 is 15.4 Å². The molecule has 1 aliphatic rings. The van der Waals surface area contributed by atoms with Crippen molar-refractivity contribution in [1.82, 2.24) is 10.2 Å². The number of nitrogens with one attached hydrogen (secondary N) is 2. The molecule has 0 atom stereocenters. The van der Waals surface area contributed by atoms with E-state index in [-0.39, 0.29) is 29.9 Å². The lowest BCUT2D eigenvalue weighted by molar-refractivity contribution is -0.129. The van der Waals surface area contributed by atoms with Gasteiger partial charge in [-0.3, -0.25) is 9.79 Å². The van der Waals surface area contributed by atoms with Crippen LogP contribution in [0.15, 0.2) is 29.3 Å². The van der Waals surface area contributed by atoms with Gasteiger partial charge in [-0.2, -0.15) is 0 Å². The third-order valence-corrected chi connectivity index (χ3v) is 4.26. The number of methoxy groups -OCH3 is 1. The third kappa shape index (κ3) is 9.09. The molecular formula is C20H33IN4O3. The van der Waals surface area contributed by atoms with E-state index in [0.717, 1.165) is 50.3 Å². The van der Waals surface area contributed by atoms with Crippen molar-refractivity contribution in [2.75, 3.05) is 51.8 Å². The van der Waals surface area contributed by atoms with E-state index in [4.69, 9.17) is 9.47 Å². The van der Waals surface area contributed by atoms with Crippen molar-refractivity contribution >= 4 is 41.5 Å². The van der Waals surface area contributed by atoms with Gasteiger partial charge in [-0.05, 0) is 31.9 Å². The summed E-state index contributed by atoms with van der Waals surface area (Å²) in [6.45, 7) is 6.31. The fraction of sp³-hybridized carbons (Fsp3) is 0.600. The van der Waals surface area contributed by atoms with Crippen LogP contribution in [0.1, 0.15) is 32.6 Å². The molecule has 1 aromatic rings. The summed E-state index contributed by atoms with van der Waals surface area (Å²) in [5, 5.41) is 6.48. The van der Waals surface area contributed by atoms with Crippen LogP contribution in [0.25, 0.3) is 0 Å². The summed E-state index contributed by atoms with van der Waals surface area (Å²) < 4.78 is 10.8. The second-order valence-corrected chi connectivity index (χ2v) is 6.45. The van der Waals surface area contributed by atoms with Crippen molar-refractivity contribution in [3.05, 3.63) is 24.3 Å². The Kier molecular flexibility index (Phi) is 12.6. The molecule has 1 fully saturated rings. The summed E-state index contributed by atoms with van der Waals surface area (Å²) in [4.78, 5) is 18.6. The average molecular weight is 504 g/mol. The van der Waals surface area contributed by atoms with Crippen molar-refractivity contribution < 1.29 is 14.3 Å². The lowest BCUT2D eigenvalue weighted by atomic mass is 10.3. The molecule has 158 valence electrons. The molecule has 28 heavy (non-hydrogen) atoms. The Bertz CT molecular complexity index is 607. The number of hydrogen-bond acceptors (Lipinski definition) is 4. The molecule has 0 saturated carbocycles. The zero-order chi connectivity index (χ0) is 19.3. The summed E-state index contributed by atoms with van der Waals surface area (Å²) in [6, 6.07) is 7.77. The Morgan fingerprint density at radius 1 is 1.25 bits per heavy atom. The monoisotopic (exact) mass is 504 g/mol. The zero-order valence-electron chi connectivity index (χ0n) is 16.9. The van der Waals surface area contributed by atoms with Gasteiger partial charge in [0, 0.05) is 57.9 Å². The number of guanidine groups is 1. The number of rotatable bonds is 10. The van der Waals surface area contributed by atoms with Crippen molar-refractivity contribution in [3.63, 3.8) is 0 Å². The normalized spacial score (nSPS) is 13.8. The molecule has 0 bridgehead atoms. The van der Waals surface area contributed by atoms with E-state index >= 15 is 0 Å². The molecule has 1 saturated heterocycles. The standard InChI is InChI=1S/C20H32N4O3.HI/c1-3-21-20(22-11-10-19(25)24-12-4-5-13-24)23-17-8-6-9-18(16-17)27-15-7-14-26-2;/h6,8-9,16H,3-5,7,10-15H2,1-2H3,(H2,21,22,23);1H. The van der Waals surface area contributed by atoms with Crippen LogP contribution in [0.3, 0.4) is 0 Å². The van der Waals surface area contributed by atoms with Gasteiger partial charge in [-0.25, -0.2) is 0 Å². The molecule has 1 heterocycles. The van der Waals surface area contributed by atoms with Gasteiger partial charge in [0.25, 0.3) is 0 Å². The highest BCUT2D eigenvalue weighted by molar-refractivity contribution is 14.0. The SMILES string of the molecule is CCNC(=NCCC(=O)N1CCCC1)Nc1cccc(OCCCOC)c1.I. The van der Waals surface area contributed by atoms with Gasteiger partial charge in [0.2, 0.25) is 5.91 Å². The summed E-state index contributed by atoms with van der Waals surface area (Å²) in [6.07, 6.45) is 3.52. The molecule has 0 radical (unpaired) electrons. The molecule has 0 unspecified atom stereocenters. The number of amides is 1. The maximum atomic E-state index is 12.1. The number of anilines is 1. The van der Waals surface area contributed by atoms with E-state index in [0.29, 0.717) is 32.1 Å². The van der Waals surface area contributed by atoms with E-state index in [1.54, 1.807) is 7.11 Å². The second kappa shape index (κ2) is 14.4. The van der Waals surface area contributed by atoms with Crippen molar-refractivity contribution in [3.8, 4) is 5.75 Å². The molecule has 1 aromatic carbocycles. The molecular weight excluding hydrogens is 471 g/mol. The minimum absolute atomic E-state index is 0. The predicted octanol–water partition coefficient (Wildman–Crippen LogP) is 3.11. The molecule has 1 aliphatic heterocycles. The summed E-state index contributed by atoms with van der Waals surface area (Å²) >= 11 is 0. The molecule has 7 nitrogen and oxygen atoms in total. The second-order valence-electron chi connectivity index (χ2n) is 6.45. The Labute approximate surface area is 185 Å². The molecule has 0 spiro atoms. The number of benzene rings is 1. The fourth-order valence-corrected chi connectivity index (χ4v) is 2.89. The quantitative estimate of drug-likeness (QED) is 0.222. The average Bonchev–Trinajstić information content (AvgIpc) is 3.21. The van der Waals surface area contributed by atoms with Crippen LogP contribution in [0, 0.1) is 0 Å². The topological polar surface area (TPSA) is 75.2 Å². The number of ether oxygens (including phenoxy) is 2. The van der Waals surface area contributed by atoms with E-state index in [1.807, 2.05) is 36.1 Å². The smallest absolute Gasteiger partial charge is 0.224 e. The Balaban J connectivity index is 0.00000392. The van der Waals surface area contributed by atoms with Crippen LogP contribution >= 0.6 is 24.0 Å². The Morgan fingerprint density at radius 3 is 2.75 bits per heavy atom. The minimum Gasteiger partial charge on any atom is -0.493 e. The highest BCUT2D eigenvalue weighted by atomic mass is 127. The Hall–Kier alpha value is -1.55. The number of halogens is 1. The van der Waals surface area contributed by atoms with E-state index in [2.05, 4.69) is 15.6 Å². The number of nitrogens with zero attached hydrogens (tertiary/aromatic N) is 2. The first-order valence-corrected chi connectivity index (χ1v) is 9.78. The van der Waals surface area contributed by atoms with E-state index < -0.39 is 0 Å².